The van der Waals surface area contributed by atoms with E-state index in [-0.39, 0.29) is 5.91 Å². The molecule has 1 aliphatic rings. The summed E-state index contributed by atoms with van der Waals surface area (Å²) in [5, 5.41) is 2.89. The van der Waals surface area contributed by atoms with Gasteiger partial charge in [0.1, 0.15) is 4.99 Å². The molecule has 5 nitrogen and oxygen atoms in total. The van der Waals surface area contributed by atoms with E-state index in [9.17, 15) is 4.79 Å². The maximum Gasteiger partial charge on any atom is 0.216 e. The van der Waals surface area contributed by atoms with Crippen LogP contribution >= 0.6 is 12.2 Å². The predicted molar refractivity (Wildman–Crippen MR) is 83.7 cm³/mol. The van der Waals surface area contributed by atoms with Gasteiger partial charge in [-0.05, 0) is 24.8 Å². The number of nitrogens with two attached hydrogens (primary N) is 1. The molecule has 0 spiro atoms. The average molecular weight is 292 g/mol. The molecule has 20 heavy (non-hydrogen) atoms. The number of nitrogens with zero attached hydrogens (tertiary/aromatic N) is 2. The van der Waals surface area contributed by atoms with Gasteiger partial charge >= 0.3 is 0 Å². The fourth-order valence-electron chi connectivity index (χ4n) is 2.51. The summed E-state index contributed by atoms with van der Waals surface area (Å²) >= 11 is 5.09. The van der Waals surface area contributed by atoms with E-state index in [0.29, 0.717) is 10.9 Å². The minimum absolute atomic E-state index is 0.0375. The lowest BCUT2D eigenvalue weighted by Crippen LogP contribution is -2.39. The first kappa shape index (κ1) is 14.7. The number of carbonyl (C=O) groups excluding carboxylic acids is 1. The van der Waals surface area contributed by atoms with Crippen molar-refractivity contribution in [3.63, 3.8) is 0 Å². The van der Waals surface area contributed by atoms with Crippen molar-refractivity contribution in [2.24, 2.45) is 11.7 Å². The Morgan fingerprint density at radius 3 is 2.85 bits per heavy atom. The first-order valence-corrected chi connectivity index (χ1v) is 7.22. The number of rotatable bonds is 4. The molecule has 1 amide bonds. The summed E-state index contributed by atoms with van der Waals surface area (Å²) < 4.78 is 0. The number of anilines is 1. The van der Waals surface area contributed by atoms with Gasteiger partial charge in [0.15, 0.2) is 0 Å². The maximum absolute atomic E-state index is 10.9. The largest absolute Gasteiger partial charge is 0.389 e. The van der Waals surface area contributed by atoms with Crippen LogP contribution in [0.4, 0.5) is 5.69 Å². The summed E-state index contributed by atoms with van der Waals surface area (Å²) in [6.45, 7) is 4.19. The minimum Gasteiger partial charge on any atom is -0.389 e. The Labute approximate surface area is 124 Å². The molecule has 1 aliphatic heterocycles. The van der Waals surface area contributed by atoms with Crippen molar-refractivity contribution >= 4 is 28.8 Å². The highest BCUT2D eigenvalue weighted by Crippen LogP contribution is 2.25. The van der Waals surface area contributed by atoms with Gasteiger partial charge in [-0.1, -0.05) is 12.2 Å². The molecule has 0 bridgehead atoms. The zero-order valence-corrected chi connectivity index (χ0v) is 12.4. The van der Waals surface area contributed by atoms with Crippen molar-refractivity contribution in [2.45, 2.75) is 19.8 Å². The van der Waals surface area contributed by atoms with Crippen LogP contribution in [-0.4, -0.2) is 35.5 Å². The average Bonchev–Trinajstić information content (AvgIpc) is 2.45. The SMILES string of the molecule is CC(=O)NCC1CCN(c2cnccc2C(N)=S)CC1. The fourth-order valence-corrected chi connectivity index (χ4v) is 2.69. The monoisotopic (exact) mass is 292 g/mol. The van der Waals surface area contributed by atoms with E-state index in [2.05, 4.69) is 15.2 Å². The van der Waals surface area contributed by atoms with Gasteiger partial charge in [-0.3, -0.25) is 9.78 Å². The van der Waals surface area contributed by atoms with E-state index in [4.69, 9.17) is 18.0 Å². The van der Waals surface area contributed by atoms with Crippen molar-refractivity contribution in [3.8, 4) is 0 Å². The van der Waals surface area contributed by atoms with Crippen molar-refractivity contribution < 1.29 is 4.79 Å². The van der Waals surface area contributed by atoms with Gasteiger partial charge in [-0.25, -0.2) is 0 Å². The molecule has 0 unspecified atom stereocenters. The van der Waals surface area contributed by atoms with Crippen LogP contribution in [0.5, 0.6) is 0 Å². The molecule has 2 heterocycles. The lowest BCUT2D eigenvalue weighted by molar-refractivity contribution is -0.119. The van der Waals surface area contributed by atoms with Gasteiger partial charge in [0.05, 0.1) is 11.9 Å². The molecule has 0 aromatic carbocycles. The fraction of sp³-hybridized carbons (Fsp3) is 0.500. The van der Waals surface area contributed by atoms with E-state index < -0.39 is 0 Å². The van der Waals surface area contributed by atoms with Crippen LogP contribution in [0.2, 0.25) is 0 Å². The summed E-state index contributed by atoms with van der Waals surface area (Å²) in [4.78, 5) is 17.8. The maximum atomic E-state index is 10.9. The first-order valence-electron chi connectivity index (χ1n) is 6.81. The van der Waals surface area contributed by atoms with Gasteiger partial charge in [-0.2, -0.15) is 0 Å². The second-order valence-corrected chi connectivity index (χ2v) is 5.56. The summed E-state index contributed by atoms with van der Waals surface area (Å²) in [5.41, 5.74) is 7.66. The Bertz CT molecular complexity index is 498. The highest BCUT2D eigenvalue weighted by molar-refractivity contribution is 7.80. The number of carbonyl (C=O) groups is 1. The predicted octanol–water partition coefficient (Wildman–Crippen LogP) is 1.07. The molecule has 2 rings (SSSR count). The topological polar surface area (TPSA) is 71.2 Å². The van der Waals surface area contributed by atoms with E-state index in [1.54, 1.807) is 13.1 Å². The Morgan fingerprint density at radius 1 is 1.55 bits per heavy atom. The molecule has 1 fully saturated rings. The Kier molecular flexibility index (Phi) is 4.89. The van der Waals surface area contributed by atoms with Crippen molar-refractivity contribution in [3.05, 3.63) is 24.0 Å². The van der Waals surface area contributed by atoms with Crippen molar-refractivity contribution in [1.82, 2.24) is 10.3 Å². The highest BCUT2D eigenvalue weighted by Gasteiger charge is 2.21. The van der Waals surface area contributed by atoms with E-state index in [0.717, 1.165) is 43.7 Å². The molecule has 1 aromatic heterocycles. The second kappa shape index (κ2) is 6.65. The van der Waals surface area contributed by atoms with Crippen LogP contribution < -0.4 is 16.0 Å². The molecule has 0 aliphatic carbocycles. The molecule has 0 atom stereocenters. The summed E-state index contributed by atoms with van der Waals surface area (Å²) in [6, 6.07) is 1.86. The third-order valence-electron chi connectivity index (χ3n) is 3.66. The molecule has 0 radical (unpaired) electrons. The third-order valence-corrected chi connectivity index (χ3v) is 3.88. The summed E-state index contributed by atoms with van der Waals surface area (Å²) in [6.07, 6.45) is 5.63. The molecule has 108 valence electrons. The standard InChI is InChI=1S/C14H20N4OS/c1-10(19)17-8-11-3-6-18(7-4-11)13-9-16-5-2-12(13)14(15)20/h2,5,9,11H,3-4,6-8H2,1H3,(H2,15,20)(H,17,19). The molecule has 1 saturated heterocycles. The molecule has 6 heteroatoms. The molecule has 1 aromatic rings. The lowest BCUT2D eigenvalue weighted by atomic mass is 9.96. The van der Waals surface area contributed by atoms with Gasteiger partial charge in [0.2, 0.25) is 5.91 Å². The van der Waals surface area contributed by atoms with Gasteiger partial charge in [0, 0.05) is 38.3 Å². The number of piperidine rings is 1. The number of amides is 1. The number of hydrogen-bond acceptors (Lipinski definition) is 4. The van der Waals surface area contributed by atoms with Crippen LogP contribution in [-0.2, 0) is 4.79 Å². The Morgan fingerprint density at radius 2 is 2.25 bits per heavy atom. The quantitative estimate of drug-likeness (QED) is 0.812. The molecule has 0 saturated carbocycles. The number of pyridine rings is 1. The zero-order valence-electron chi connectivity index (χ0n) is 11.6. The Balaban J connectivity index is 1.97. The molecular formula is C14H20N4OS. The minimum atomic E-state index is 0.0375. The van der Waals surface area contributed by atoms with Crippen LogP contribution in [0.3, 0.4) is 0 Å². The Hall–Kier alpha value is -1.69. The number of aromatic nitrogens is 1. The normalized spacial score (nSPS) is 15.9. The molecule has 3 N–H and O–H groups in total. The van der Waals surface area contributed by atoms with E-state index >= 15 is 0 Å². The van der Waals surface area contributed by atoms with Crippen molar-refractivity contribution in [2.75, 3.05) is 24.5 Å². The second-order valence-electron chi connectivity index (χ2n) is 5.12. The van der Waals surface area contributed by atoms with Crippen LogP contribution in [0, 0.1) is 5.92 Å². The zero-order chi connectivity index (χ0) is 14.5. The summed E-state index contributed by atoms with van der Waals surface area (Å²) in [7, 11) is 0. The molecular weight excluding hydrogens is 272 g/mol. The smallest absolute Gasteiger partial charge is 0.216 e. The summed E-state index contributed by atoms with van der Waals surface area (Å²) in [5.74, 6) is 0.579. The number of hydrogen-bond donors (Lipinski definition) is 2. The number of nitrogens with one attached hydrogen (secondary N) is 1. The lowest BCUT2D eigenvalue weighted by Gasteiger charge is -2.34. The van der Waals surface area contributed by atoms with Crippen LogP contribution in [0.1, 0.15) is 25.3 Å². The van der Waals surface area contributed by atoms with Gasteiger partial charge < -0.3 is 16.0 Å². The number of thiocarbonyl (C=S) groups is 1. The van der Waals surface area contributed by atoms with E-state index in [1.807, 2.05) is 12.3 Å². The van der Waals surface area contributed by atoms with Crippen molar-refractivity contribution in [1.29, 1.82) is 0 Å². The van der Waals surface area contributed by atoms with Crippen LogP contribution in [0.15, 0.2) is 18.5 Å². The van der Waals surface area contributed by atoms with Crippen LogP contribution in [0.25, 0.3) is 0 Å². The highest BCUT2D eigenvalue weighted by atomic mass is 32.1. The van der Waals surface area contributed by atoms with E-state index in [1.165, 1.54) is 0 Å². The van der Waals surface area contributed by atoms with Gasteiger partial charge in [0.25, 0.3) is 0 Å². The first-order chi connectivity index (χ1) is 9.58. The van der Waals surface area contributed by atoms with Gasteiger partial charge in [-0.15, -0.1) is 0 Å². The third kappa shape index (κ3) is 3.66.